The molecule has 1 aliphatic rings. The zero-order valence-electron chi connectivity index (χ0n) is 37.2. The smallest absolute Gasteiger partial charge is 0.0708 e. The first-order chi connectivity index (χ1) is 32.6. The summed E-state index contributed by atoms with van der Waals surface area (Å²) >= 11 is 0. The summed E-state index contributed by atoms with van der Waals surface area (Å²) in [7, 11) is 0. The second-order valence-electron chi connectivity index (χ2n) is 17.8. The molecule has 1 heteroatoms. The van der Waals surface area contributed by atoms with Gasteiger partial charge in [0.05, 0.1) is 11.4 Å². The highest BCUT2D eigenvalue weighted by Gasteiger charge is 2.28. The Balaban J connectivity index is 1.05. The van der Waals surface area contributed by atoms with Crippen molar-refractivity contribution in [1.29, 1.82) is 0 Å². The van der Waals surface area contributed by atoms with Gasteiger partial charge in [-0.2, -0.15) is 0 Å². The fraction of sp³-hybridized carbons (Fsp3) is 0.0615. The Hall–Kier alpha value is -8.13. The van der Waals surface area contributed by atoms with Gasteiger partial charge in [-0.25, -0.2) is 0 Å². The predicted molar refractivity (Wildman–Crippen MR) is 283 cm³/mol. The molecule has 1 nitrogen and oxygen atoms in total. The lowest BCUT2D eigenvalue weighted by molar-refractivity contribution is 0.915. The van der Waals surface area contributed by atoms with Crippen LogP contribution in [0.5, 0.6) is 0 Å². The minimum atomic E-state index is 0.0859. The minimum absolute atomic E-state index is 0.0859. The monoisotopic (exact) mass is 841 g/mol. The molecule has 0 aliphatic carbocycles. The van der Waals surface area contributed by atoms with E-state index in [4.69, 9.17) is 4.99 Å². The van der Waals surface area contributed by atoms with Crippen molar-refractivity contribution < 1.29 is 0 Å². The highest BCUT2D eigenvalue weighted by molar-refractivity contribution is 6.22. The van der Waals surface area contributed by atoms with Crippen LogP contribution in [0.25, 0.3) is 93.2 Å². The molecule has 1 atom stereocenters. The molecule has 0 saturated carbocycles. The average Bonchev–Trinajstić information content (AvgIpc) is 3.54. The van der Waals surface area contributed by atoms with Gasteiger partial charge in [-0.15, -0.1) is 0 Å². The number of aliphatic imine (C=N–C) groups is 1. The number of nitrogens with zero attached hydrogens (tertiary/aromatic N) is 1. The third-order valence-electron chi connectivity index (χ3n) is 14.0. The summed E-state index contributed by atoms with van der Waals surface area (Å²) in [6, 6.07) is 82.8. The molecule has 1 unspecified atom stereocenters. The zero-order chi connectivity index (χ0) is 44.1. The summed E-state index contributed by atoms with van der Waals surface area (Å²) < 4.78 is 0. The lowest BCUT2D eigenvalue weighted by Crippen LogP contribution is -2.15. The van der Waals surface area contributed by atoms with Gasteiger partial charge in [-0.05, 0) is 160 Å². The molecule has 0 amide bonds. The molecule has 0 N–H and O–H groups in total. The molecule has 0 aromatic heterocycles. The first-order valence-electron chi connectivity index (χ1n) is 23.1. The van der Waals surface area contributed by atoms with E-state index in [1.165, 1.54) is 110 Å². The maximum absolute atomic E-state index is 5.65. The van der Waals surface area contributed by atoms with E-state index in [2.05, 4.69) is 244 Å². The lowest BCUT2D eigenvalue weighted by atomic mass is 9.81. The van der Waals surface area contributed by atoms with E-state index >= 15 is 0 Å². The van der Waals surface area contributed by atoms with Gasteiger partial charge in [-0.1, -0.05) is 200 Å². The van der Waals surface area contributed by atoms with Crippen LogP contribution in [0.3, 0.4) is 0 Å². The van der Waals surface area contributed by atoms with Crippen LogP contribution in [-0.2, 0) is 0 Å². The summed E-state index contributed by atoms with van der Waals surface area (Å²) in [5.41, 5.74) is 18.1. The summed E-state index contributed by atoms with van der Waals surface area (Å²) in [5, 5.41) is 9.96. The molecule has 11 aromatic rings. The standard InChI is InChI=1S/C65H47N/c1-3-43-39-61(55-22-12-7-15-42(55)2)65(48-29-25-47(26-30-48)44-16-5-4-6-17-44)66-62-36-34-52(40-59(43)62)51-33-35-58-60(41-51)64(54-32-28-46-19-9-11-21-50(46)38-54)57-24-14-13-23-56(57)63(58)53-31-27-45-18-8-10-20-49(45)37-53/h3-38,40-41,61H,39H2,1-2H3/b43-3+. The predicted octanol–water partition coefficient (Wildman–Crippen LogP) is 18.0. The maximum atomic E-state index is 5.65. The van der Waals surface area contributed by atoms with E-state index in [0.717, 1.165) is 23.4 Å². The Labute approximate surface area is 386 Å². The maximum Gasteiger partial charge on any atom is 0.0708 e. The van der Waals surface area contributed by atoms with Gasteiger partial charge in [0.25, 0.3) is 0 Å². The number of benzene rings is 11. The number of allylic oxidation sites excluding steroid dienone is 2. The Kier molecular flexibility index (Phi) is 9.84. The molecule has 12 rings (SSSR count). The van der Waals surface area contributed by atoms with Crippen LogP contribution in [0.2, 0.25) is 0 Å². The van der Waals surface area contributed by atoms with Crippen molar-refractivity contribution in [1.82, 2.24) is 0 Å². The fourth-order valence-electron chi connectivity index (χ4n) is 10.6. The summed E-state index contributed by atoms with van der Waals surface area (Å²) in [6.45, 7) is 4.42. The topological polar surface area (TPSA) is 12.4 Å². The van der Waals surface area contributed by atoms with Gasteiger partial charge in [-0.3, -0.25) is 4.99 Å². The molecule has 0 saturated heterocycles. The van der Waals surface area contributed by atoms with Gasteiger partial charge in [0.15, 0.2) is 0 Å². The van der Waals surface area contributed by atoms with E-state index < -0.39 is 0 Å². The molecule has 1 aliphatic heterocycles. The minimum Gasteiger partial charge on any atom is -0.252 e. The second kappa shape index (κ2) is 16.5. The van der Waals surface area contributed by atoms with E-state index in [-0.39, 0.29) is 5.92 Å². The fourth-order valence-corrected chi connectivity index (χ4v) is 10.6. The average molecular weight is 842 g/mol. The Morgan fingerprint density at radius 2 is 0.894 bits per heavy atom. The first kappa shape index (κ1) is 39.5. The third-order valence-corrected chi connectivity index (χ3v) is 14.0. The number of fused-ring (bicyclic) bond motifs is 5. The molecule has 0 fully saturated rings. The Morgan fingerprint density at radius 1 is 0.394 bits per heavy atom. The number of hydrogen-bond acceptors (Lipinski definition) is 1. The Bertz CT molecular complexity index is 3740. The second-order valence-corrected chi connectivity index (χ2v) is 17.8. The van der Waals surface area contributed by atoms with E-state index in [1.807, 2.05) is 0 Å². The van der Waals surface area contributed by atoms with Crippen LogP contribution in [-0.4, -0.2) is 5.71 Å². The van der Waals surface area contributed by atoms with Gasteiger partial charge >= 0.3 is 0 Å². The lowest BCUT2D eigenvalue weighted by Gasteiger charge is -2.22. The first-order valence-corrected chi connectivity index (χ1v) is 23.1. The van der Waals surface area contributed by atoms with Gasteiger partial charge in [0, 0.05) is 11.5 Å². The SMILES string of the molecule is C/C=C1\CC(c2ccccc2C)C(c2ccc(-c3ccccc3)cc2)=Nc2ccc(-c3ccc4c(-c5ccc6ccccc6c5)c5ccccc5c(-c5ccc6ccccc6c5)c4c3)cc21. The molecule has 312 valence electrons. The van der Waals surface area contributed by atoms with Crippen LogP contribution in [0.15, 0.2) is 236 Å². The summed E-state index contributed by atoms with van der Waals surface area (Å²) in [5.74, 6) is 0.0859. The van der Waals surface area contributed by atoms with Crippen molar-refractivity contribution in [2.75, 3.05) is 0 Å². The summed E-state index contributed by atoms with van der Waals surface area (Å²) in [4.78, 5) is 5.65. The number of aryl methyl sites for hydroxylation is 1. The van der Waals surface area contributed by atoms with Gasteiger partial charge in [0.1, 0.15) is 0 Å². The van der Waals surface area contributed by atoms with Crippen LogP contribution >= 0.6 is 0 Å². The van der Waals surface area contributed by atoms with Gasteiger partial charge in [0.2, 0.25) is 0 Å². The van der Waals surface area contributed by atoms with Crippen LogP contribution in [0.1, 0.15) is 41.5 Å². The number of hydrogen-bond donors (Lipinski definition) is 0. The summed E-state index contributed by atoms with van der Waals surface area (Å²) in [6.07, 6.45) is 3.16. The van der Waals surface area contributed by atoms with Crippen LogP contribution < -0.4 is 0 Å². The van der Waals surface area contributed by atoms with Crippen LogP contribution in [0, 0.1) is 6.92 Å². The van der Waals surface area contributed by atoms with E-state index in [1.54, 1.807) is 0 Å². The highest BCUT2D eigenvalue weighted by Crippen LogP contribution is 2.47. The van der Waals surface area contributed by atoms with E-state index in [0.29, 0.717) is 0 Å². The number of rotatable bonds is 6. The van der Waals surface area contributed by atoms with Crippen molar-refractivity contribution in [2.24, 2.45) is 4.99 Å². The molecular weight excluding hydrogens is 795 g/mol. The quantitative estimate of drug-likeness (QED) is 0.148. The highest BCUT2D eigenvalue weighted by atomic mass is 14.8. The van der Waals surface area contributed by atoms with Gasteiger partial charge < -0.3 is 0 Å². The van der Waals surface area contributed by atoms with Crippen molar-refractivity contribution in [3.63, 3.8) is 0 Å². The molecule has 0 bridgehead atoms. The normalized spacial score (nSPS) is 14.4. The molecule has 0 radical (unpaired) electrons. The zero-order valence-corrected chi connectivity index (χ0v) is 37.2. The van der Waals surface area contributed by atoms with Crippen molar-refractivity contribution in [2.45, 2.75) is 26.2 Å². The van der Waals surface area contributed by atoms with Crippen molar-refractivity contribution in [3.05, 3.63) is 253 Å². The molecule has 0 spiro atoms. The van der Waals surface area contributed by atoms with Crippen molar-refractivity contribution in [3.8, 4) is 44.5 Å². The molecule has 1 heterocycles. The van der Waals surface area contributed by atoms with E-state index in [9.17, 15) is 0 Å². The van der Waals surface area contributed by atoms with Crippen LogP contribution in [0.4, 0.5) is 5.69 Å². The third kappa shape index (κ3) is 6.92. The molecule has 11 aromatic carbocycles. The molecular formula is C65H47N. The molecule has 66 heavy (non-hydrogen) atoms. The largest absolute Gasteiger partial charge is 0.252 e. The Morgan fingerprint density at radius 3 is 1.56 bits per heavy atom. The van der Waals surface area contributed by atoms with Crippen molar-refractivity contribution >= 4 is 60.1 Å².